The highest BCUT2D eigenvalue weighted by Crippen LogP contribution is 2.38. The number of carbonyl (C=O) groups excluding carboxylic acids is 1. The molecular weight excluding hydrogens is 344 g/mol. The van der Waals surface area contributed by atoms with E-state index in [0.717, 1.165) is 31.1 Å². The summed E-state index contributed by atoms with van der Waals surface area (Å²) >= 11 is 0. The lowest BCUT2D eigenvalue weighted by molar-refractivity contribution is -0.00530. The zero-order chi connectivity index (χ0) is 19.2. The molecule has 4 rings (SSSR count). The van der Waals surface area contributed by atoms with Crippen LogP contribution in [-0.4, -0.2) is 40.9 Å². The Morgan fingerprint density at radius 2 is 2.04 bits per heavy atom. The molecule has 3 heterocycles. The van der Waals surface area contributed by atoms with Crippen LogP contribution in [0.4, 0.5) is 0 Å². The largest absolute Gasteiger partial charge is 0.390 e. The average Bonchev–Trinajstić information content (AvgIpc) is 3.30. The minimum Gasteiger partial charge on any atom is -0.390 e. The third-order valence-electron chi connectivity index (χ3n) is 5.60. The van der Waals surface area contributed by atoms with Crippen LogP contribution in [0, 0.1) is 5.92 Å². The van der Waals surface area contributed by atoms with Gasteiger partial charge in [-0.3, -0.25) is 14.0 Å². The van der Waals surface area contributed by atoms with E-state index in [2.05, 4.69) is 15.1 Å². The number of aliphatic hydroxyl groups is 1. The highest BCUT2D eigenvalue weighted by atomic mass is 16.3. The zero-order valence-electron chi connectivity index (χ0n) is 15.5. The number of hydrogen-bond acceptors (Lipinski definition) is 5. The van der Waals surface area contributed by atoms with Gasteiger partial charge >= 0.3 is 0 Å². The number of hydrogen-bond donors (Lipinski definition) is 2. The smallest absolute Gasteiger partial charge is 0.269 e. The molecule has 1 fully saturated rings. The number of nitrogens with two attached hydrogens (primary N) is 1. The maximum atomic E-state index is 12.1. The first-order valence-corrected chi connectivity index (χ1v) is 9.23. The summed E-state index contributed by atoms with van der Waals surface area (Å²) in [6, 6.07) is 2.05. The van der Waals surface area contributed by atoms with Gasteiger partial charge in [0.1, 0.15) is 17.7 Å². The first kappa shape index (κ1) is 17.7. The summed E-state index contributed by atoms with van der Waals surface area (Å²) < 4.78 is 3.62. The molecule has 1 amide bonds. The maximum absolute atomic E-state index is 12.1. The highest BCUT2D eigenvalue weighted by molar-refractivity contribution is 6.03. The lowest BCUT2D eigenvalue weighted by Gasteiger charge is -2.36. The van der Waals surface area contributed by atoms with E-state index in [1.807, 2.05) is 24.6 Å². The molecule has 0 saturated heterocycles. The van der Waals surface area contributed by atoms with Crippen LogP contribution < -0.4 is 5.73 Å². The summed E-state index contributed by atoms with van der Waals surface area (Å²) in [7, 11) is 0. The molecule has 27 heavy (non-hydrogen) atoms. The number of amides is 1. The zero-order valence-corrected chi connectivity index (χ0v) is 15.5. The Balaban J connectivity index is 1.72. The van der Waals surface area contributed by atoms with Gasteiger partial charge in [0.25, 0.3) is 5.91 Å². The van der Waals surface area contributed by atoms with Crippen molar-refractivity contribution in [3.05, 3.63) is 36.7 Å². The number of pyridine rings is 1. The summed E-state index contributed by atoms with van der Waals surface area (Å²) in [5.74, 6) is 0.283. The number of rotatable bonds is 4. The molecule has 0 radical (unpaired) electrons. The van der Waals surface area contributed by atoms with Gasteiger partial charge in [0.05, 0.1) is 17.8 Å². The van der Waals surface area contributed by atoms with Crippen molar-refractivity contribution in [1.29, 1.82) is 0 Å². The number of imidazole rings is 1. The van der Waals surface area contributed by atoms with Gasteiger partial charge in [0, 0.05) is 17.8 Å². The topological polar surface area (TPSA) is 112 Å². The molecule has 8 nitrogen and oxygen atoms in total. The van der Waals surface area contributed by atoms with Crippen LogP contribution in [0.2, 0.25) is 0 Å². The van der Waals surface area contributed by atoms with Crippen LogP contribution >= 0.6 is 0 Å². The molecule has 0 aromatic carbocycles. The van der Waals surface area contributed by atoms with Gasteiger partial charge < -0.3 is 10.8 Å². The molecule has 3 aromatic rings. The number of aromatic nitrogens is 5. The normalized spacial score (nSPS) is 20.9. The van der Waals surface area contributed by atoms with Gasteiger partial charge in [-0.05, 0) is 51.5 Å². The van der Waals surface area contributed by atoms with Crippen molar-refractivity contribution in [2.75, 3.05) is 0 Å². The third kappa shape index (κ3) is 3.21. The number of primary amides is 1. The van der Waals surface area contributed by atoms with E-state index >= 15 is 0 Å². The van der Waals surface area contributed by atoms with Crippen molar-refractivity contribution < 1.29 is 9.90 Å². The maximum Gasteiger partial charge on any atom is 0.269 e. The molecule has 142 valence electrons. The van der Waals surface area contributed by atoms with Crippen molar-refractivity contribution in [3.63, 3.8) is 0 Å². The molecule has 1 saturated carbocycles. The third-order valence-corrected chi connectivity index (χ3v) is 5.60. The summed E-state index contributed by atoms with van der Waals surface area (Å²) in [4.78, 5) is 20.6. The Labute approximate surface area is 157 Å². The molecule has 0 atom stereocenters. The Kier molecular flexibility index (Phi) is 4.22. The van der Waals surface area contributed by atoms with Crippen LogP contribution in [0.15, 0.2) is 31.0 Å². The standard InChI is InChI=1S/C19H24N6O2/c1-19(2,27)13-3-5-14(6-4-13)25-17-12(10-22-25)9-15(23-16(17)18(20)26)24-8-7-21-11-24/h7-11,13-14,27H,3-6H2,1-2H3,(H2,20,26). The fourth-order valence-electron chi connectivity index (χ4n) is 4.07. The summed E-state index contributed by atoms with van der Waals surface area (Å²) in [6.45, 7) is 3.74. The molecule has 3 N–H and O–H groups in total. The van der Waals surface area contributed by atoms with Crippen molar-refractivity contribution in [2.24, 2.45) is 11.7 Å². The molecule has 8 heteroatoms. The van der Waals surface area contributed by atoms with Gasteiger partial charge in [0.15, 0.2) is 5.69 Å². The lowest BCUT2D eigenvalue weighted by atomic mass is 9.77. The van der Waals surface area contributed by atoms with Crippen molar-refractivity contribution >= 4 is 16.8 Å². The summed E-state index contributed by atoms with van der Waals surface area (Å²) in [6.07, 6.45) is 10.4. The molecule has 1 aliphatic rings. The van der Waals surface area contributed by atoms with Gasteiger partial charge in [-0.1, -0.05) is 0 Å². The number of carbonyl (C=O) groups is 1. The van der Waals surface area contributed by atoms with Crippen LogP contribution in [0.3, 0.4) is 0 Å². The van der Waals surface area contributed by atoms with Gasteiger partial charge in [-0.2, -0.15) is 5.10 Å². The van der Waals surface area contributed by atoms with E-state index in [9.17, 15) is 9.90 Å². The molecule has 0 unspecified atom stereocenters. The van der Waals surface area contributed by atoms with E-state index in [4.69, 9.17) is 5.73 Å². The van der Waals surface area contributed by atoms with E-state index < -0.39 is 11.5 Å². The van der Waals surface area contributed by atoms with Crippen LogP contribution in [0.5, 0.6) is 0 Å². The fraction of sp³-hybridized carbons (Fsp3) is 0.474. The first-order chi connectivity index (χ1) is 12.8. The number of nitrogens with zero attached hydrogens (tertiary/aromatic N) is 5. The Hall–Kier alpha value is -2.74. The average molecular weight is 368 g/mol. The van der Waals surface area contributed by atoms with E-state index in [-0.39, 0.29) is 17.7 Å². The molecular formula is C19H24N6O2. The minimum absolute atomic E-state index is 0.167. The van der Waals surface area contributed by atoms with E-state index in [0.29, 0.717) is 11.3 Å². The lowest BCUT2D eigenvalue weighted by Crippen LogP contribution is -2.34. The molecule has 3 aromatic heterocycles. The predicted molar refractivity (Wildman–Crippen MR) is 100 cm³/mol. The van der Waals surface area contributed by atoms with E-state index in [1.165, 1.54) is 0 Å². The van der Waals surface area contributed by atoms with E-state index in [1.54, 1.807) is 29.5 Å². The first-order valence-electron chi connectivity index (χ1n) is 9.23. The number of fused-ring (bicyclic) bond motifs is 1. The Morgan fingerprint density at radius 1 is 1.30 bits per heavy atom. The molecule has 0 bridgehead atoms. The minimum atomic E-state index is -0.670. The summed E-state index contributed by atoms with van der Waals surface area (Å²) in [5, 5.41) is 15.6. The van der Waals surface area contributed by atoms with Crippen LogP contribution in [0.25, 0.3) is 16.7 Å². The second-order valence-electron chi connectivity index (χ2n) is 7.85. The van der Waals surface area contributed by atoms with Crippen molar-refractivity contribution in [1.82, 2.24) is 24.3 Å². The van der Waals surface area contributed by atoms with Gasteiger partial charge in [-0.25, -0.2) is 9.97 Å². The van der Waals surface area contributed by atoms with Gasteiger partial charge in [-0.15, -0.1) is 0 Å². The second-order valence-corrected chi connectivity index (χ2v) is 7.85. The van der Waals surface area contributed by atoms with Crippen molar-refractivity contribution in [3.8, 4) is 5.82 Å². The Bertz CT molecular complexity index is 962. The molecule has 0 aliphatic heterocycles. The van der Waals surface area contributed by atoms with Crippen molar-refractivity contribution in [2.45, 2.75) is 51.2 Å². The highest BCUT2D eigenvalue weighted by Gasteiger charge is 2.33. The van der Waals surface area contributed by atoms with Crippen LogP contribution in [-0.2, 0) is 0 Å². The SMILES string of the molecule is CC(C)(O)C1CCC(n2ncc3cc(-n4ccnc4)nc(C(N)=O)c32)CC1. The van der Waals surface area contributed by atoms with Crippen LogP contribution in [0.1, 0.15) is 56.1 Å². The predicted octanol–water partition coefficient (Wildman–Crippen LogP) is 2.22. The quantitative estimate of drug-likeness (QED) is 0.733. The monoisotopic (exact) mass is 368 g/mol. The Morgan fingerprint density at radius 3 is 2.63 bits per heavy atom. The second kappa shape index (κ2) is 6.45. The fourth-order valence-corrected chi connectivity index (χ4v) is 4.07. The molecule has 0 spiro atoms. The van der Waals surface area contributed by atoms with Gasteiger partial charge in [0.2, 0.25) is 0 Å². The molecule has 1 aliphatic carbocycles. The summed E-state index contributed by atoms with van der Waals surface area (Å²) in [5.41, 5.74) is 5.87.